The van der Waals surface area contributed by atoms with Gasteiger partial charge in [0.2, 0.25) is 0 Å². The molecule has 0 spiro atoms. The van der Waals surface area contributed by atoms with E-state index in [0.29, 0.717) is 34.8 Å². The zero-order valence-corrected chi connectivity index (χ0v) is 23.8. The highest BCUT2D eigenvalue weighted by Gasteiger charge is 2.20. The van der Waals surface area contributed by atoms with Gasteiger partial charge in [-0.3, -0.25) is 4.79 Å². The van der Waals surface area contributed by atoms with Crippen LogP contribution in [0, 0.1) is 0 Å². The van der Waals surface area contributed by atoms with E-state index in [-0.39, 0.29) is 11.7 Å². The summed E-state index contributed by atoms with van der Waals surface area (Å²) in [7, 11) is -1.92. The minimum Gasteiger partial charge on any atom is -0.383 e. The molecule has 0 radical (unpaired) electrons. The van der Waals surface area contributed by atoms with Crippen LogP contribution in [0.4, 0.5) is 0 Å². The Balaban J connectivity index is 1.47. The van der Waals surface area contributed by atoms with E-state index in [9.17, 15) is 13.2 Å². The maximum atomic E-state index is 13.2. The van der Waals surface area contributed by atoms with Gasteiger partial charge in [0.1, 0.15) is 5.65 Å². The fourth-order valence-corrected chi connectivity index (χ4v) is 6.57. The van der Waals surface area contributed by atoms with E-state index in [1.54, 1.807) is 49.6 Å². The summed E-state index contributed by atoms with van der Waals surface area (Å²) >= 11 is 0. The van der Waals surface area contributed by atoms with Crippen LogP contribution in [0.1, 0.15) is 15.9 Å². The summed E-state index contributed by atoms with van der Waals surface area (Å²) in [5.41, 5.74) is 6.64. The molecular formula is C34H29N3O4S. The standard InChI is InChI=1S/C34H29N3O4S/c1-41-19-18-35-34(38)26-15-13-24(14-16-26)29-21-36-33-32(31(29)25-8-4-2-5-9-25)28-20-23(12-17-30(28)37-33)22-42(39,40)27-10-6-3-7-11-27/h2-17,20-21H,18-19,22H2,1H3,(H,35,38)(H,36,37). The number of H-pyrrole nitrogens is 1. The summed E-state index contributed by atoms with van der Waals surface area (Å²) in [4.78, 5) is 21.0. The number of sulfone groups is 1. The van der Waals surface area contributed by atoms with Crippen molar-refractivity contribution in [2.24, 2.45) is 0 Å². The molecule has 0 aliphatic rings. The molecule has 0 bridgehead atoms. The predicted molar refractivity (Wildman–Crippen MR) is 166 cm³/mol. The molecule has 6 rings (SSSR count). The molecule has 8 heteroatoms. The number of benzene rings is 4. The second-order valence-corrected chi connectivity index (χ2v) is 12.0. The van der Waals surface area contributed by atoms with Crippen LogP contribution in [0.3, 0.4) is 0 Å². The van der Waals surface area contributed by atoms with Crippen LogP contribution in [-0.4, -0.2) is 44.6 Å². The van der Waals surface area contributed by atoms with E-state index >= 15 is 0 Å². The van der Waals surface area contributed by atoms with Crippen LogP contribution in [0.25, 0.3) is 44.2 Å². The normalized spacial score (nSPS) is 11.6. The molecule has 0 aliphatic heterocycles. The lowest BCUT2D eigenvalue weighted by Crippen LogP contribution is -2.26. The van der Waals surface area contributed by atoms with Crippen molar-refractivity contribution in [2.75, 3.05) is 20.3 Å². The number of hydrogen-bond donors (Lipinski definition) is 2. The summed E-state index contributed by atoms with van der Waals surface area (Å²) in [6.07, 6.45) is 1.84. The molecule has 0 fully saturated rings. The van der Waals surface area contributed by atoms with Gasteiger partial charge in [-0.25, -0.2) is 13.4 Å². The Morgan fingerprint density at radius 1 is 0.881 bits per heavy atom. The molecule has 42 heavy (non-hydrogen) atoms. The number of fused-ring (bicyclic) bond motifs is 3. The summed E-state index contributed by atoms with van der Waals surface area (Å²) in [6.45, 7) is 0.880. The van der Waals surface area contributed by atoms with Crippen molar-refractivity contribution in [2.45, 2.75) is 10.6 Å². The van der Waals surface area contributed by atoms with Crippen LogP contribution in [0.5, 0.6) is 0 Å². The van der Waals surface area contributed by atoms with Crippen molar-refractivity contribution < 1.29 is 17.9 Å². The molecule has 6 aromatic rings. The highest BCUT2D eigenvalue weighted by molar-refractivity contribution is 7.90. The van der Waals surface area contributed by atoms with Crippen molar-refractivity contribution in [3.63, 3.8) is 0 Å². The van der Waals surface area contributed by atoms with E-state index in [0.717, 1.165) is 38.5 Å². The van der Waals surface area contributed by atoms with Gasteiger partial charge in [-0.2, -0.15) is 0 Å². The molecule has 2 aromatic heterocycles. The molecule has 0 saturated carbocycles. The molecule has 1 amide bonds. The monoisotopic (exact) mass is 575 g/mol. The Hall–Kier alpha value is -4.79. The number of amides is 1. The first-order chi connectivity index (χ1) is 20.4. The first-order valence-electron chi connectivity index (χ1n) is 13.6. The highest BCUT2D eigenvalue weighted by atomic mass is 32.2. The fraction of sp³-hybridized carbons (Fsp3) is 0.118. The average Bonchev–Trinajstić information content (AvgIpc) is 3.39. The lowest BCUT2D eigenvalue weighted by molar-refractivity contribution is 0.0937. The number of pyridine rings is 1. The third-order valence-electron chi connectivity index (χ3n) is 7.26. The van der Waals surface area contributed by atoms with Crippen molar-refractivity contribution in [1.82, 2.24) is 15.3 Å². The van der Waals surface area contributed by atoms with Gasteiger partial charge in [0, 0.05) is 52.8 Å². The van der Waals surface area contributed by atoms with E-state index in [1.807, 2.05) is 54.7 Å². The molecule has 0 unspecified atom stereocenters. The van der Waals surface area contributed by atoms with Crippen LogP contribution in [0.2, 0.25) is 0 Å². The topological polar surface area (TPSA) is 101 Å². The van der Waals surface area contributed by atoms with Crippen LogP contribution in [-0.2, 0) is 20.3 Å². The summed E-state index contributed by atoms with van der Waals surface area (Å²) in [5, 5.41) is 4.65. The first-order valence-corrected chi connectivity index (χ1v) is 15.2. The molecular weight excluding hydrogens is 546 g/mol. The van der Waals surface area contributed by atoms with Crippen LogP contribution in [0.15, 0.2) is 114 Å². The minimum atomic E-state index is -3.52. The van der Waals surface area contributed by atoms with Crippen molar-refractivity contribution >= 4 is 37.7 Å². The minimum absolute atomic E-state index is 0.110. The zero-order chi connectivity index (χ0) is 29.1. The number of methoxy groups -OCH3 is 1. The Labute approximate surface area is 244 Å². The van der Waals surface area contributed by atoms with Gasteiger partial charge in [-0.1, -0.05) is 66.7 Å². The van der Waals surface area contributed by atoms with Gasteiger partial charge in [0.15, 0.2) is 9.84 Å². The molecule has 7 nitrogen and oxygen atoms in total. The maximum Gasteiger partial charge on any atom is 0.251 e. The van der Waals surface area contributed by atoms with E-state index in [1.165, 1.54) is 0 Å². The van der Waals surface area contributed by atoms with Gasteiger partial charge in [0.25, 0.3) is 5.91 Å². The lowest BCUT2D eigenvalue weighted by Gasteiger charge is -2.13. The van der Waals surface area contributed by atoms with Gasteiger partial charge in [0.05, 0.1) is 17.3 Å². The quantitative estimate of drug-likeness (QED) is 0.194. The summed E-state index contributed by atoms with van der Waals surface area (Å²) in [6, 6.07) is 31.7. The van der Waals surface area contributed by atoms with Gasteiger partial charge in [-0.15, -0.1) is 0 Å². The van der Waals surface area contributed by atoms with E-state index in [2.05, 4.69) is 22.4 Å². The van der Waals surface area contributed by atoms with Crippen molar-refractivity contribution in [1.29, 1.82) is 0 Å². The van der Waals surface area contributed by atoms with E-state index in [4.69, 9.17) is 9.72 Å². The second kappa shape index (κ2) is 11.6. The number of carbonyl (C=O) groups is 1. The lowest BCUT2D eigenvalue weighted by atomic mass is 9.92. The average molecular weight is 576 g/mol. The van der Waals surface area contributed by atoms with Crippen LogP contribution >= 0.6 is 0 Å². The van der Waals surface area contributed by atoms with Gasteiger partial charge in [-0.05, 0) is 53.1 Å². The number of nitrogens with zero attached hydrogens (tertiary/aromatic N) is 1. The third kappa shape index (κ3) is 5.42. The number of carbonyl (C=O) groups excluding carboxylic acids is 1. The SMILES string of the molecule is COCCNC(=O)c1ccc(-c2cnc3[nH]c4ccc(CS(=O)(=O)c5ccccc5)cc4c3c2-c2ccccc2)cc1. The zero-order valence-electron chi connectivity index (χ0n) is 23.0. The highest BCUT2D eigenvalue weighted by Crippen LogP contribution is 2.41. The number of rotatable bonds is 9. The number of ether oxygens (including phenoxy) is 1. The molecule has 210 valence electrons. The van der Waals surface area contributed by atoms with Crippen molar-refractivity contribution in [3.8, 4) is 22.3 Å². The Kier molecular flexibility index (Phi) is 7.56. The fourth-order valence-electron chi connectivity index (χ4n) is 5.22. The molecule has 0 atom stereocenters. The third-order valence-corrected chi connectivity index (χ3v) is 8.96. The number of nitrogens with one attached hydrogen (secondary N) is 2. The predicted octanol–water partition coefficient (Wildman–Crippen LogP) is 6.40. The molecule has 2 N–H and O–H groups in total. The number of aromatic amines is 1. The molecule has 0 saturated heterocycles. The smallest absolute Gasteiger partial charge is 0.251 e. The number of hydrogen-bond acceptors (Lipinski definition) is 5. The van der Waals surface area contributed by atoms with Crippen molar-refractivity contribution in [3.05, 3.63) is 120 Å². The van der Waals surface area contributed by atoms with Gasteiger partial charge < -0.3 is 15.0 Å². The Morgan fingerprint density at radius 2 is 1.60 bits per heavy atom. The van der Waals surface area contributed by atoms with Crippen LogP contribution < -0.4 is 5.32 Å². The summed E-state index contributed by atoms with van der Waals surface area (Å²) in [5.74, 6) is -0.272. The first kappa shape index (κ1) is 27.4. The summed E-state index contributed by atoms with van der Waals surface area (Å²) < 4.78 is 31.3. The molecule has 4 aromatic carbocycles. The van der Waals surface area contributed by atoms with Gasteiger partial charge >= 0.3 is 0 Å². The molecule has 0 aliphatic carbocycles. The molecule has 2 heterocycles. The Morgan fingerprint density at radius 3 is 2.31 bits per heavy atom. The number of aromatic nitrogens is 2. The Bertz CT molecular complexity index is 1990. The second-order valence-electron chi connectivity index (χ2n) is 10.0. The maximum absolute atomic E-state index is 13.2. The van der Waals surface area contributed by atoms with E-state index < -0.39 is 9.84 Å². The largest absolute Gasteiger partial charge is 0.383 e.